The molecule has 1 aliphatic carbocycles. The van der Waals surface area contributed by atoms with Gasteiger partial charge in [0, 0.05) is 16.5 Å². The molecule has 1 saturated carbocycles. The molecule has 0 radical (unpaired) electrons. The van der Waals surface area contributed by atoms with Crippen LogP contribution in [-0.2, 0) is 0 Å². The molecule has 0 amide bonds. The number of nitrogens with one attached hydrogen (secondary N) is 1. The Bertz CT molecular complexity index is 268. The zero-order chi connectivity index (χ0) is 12.1. The van der Waals surface area contributed by atoms with Crippen molar-refractivity contribution in [3.63, 3.8) is 0 Å². The smallest absolute Gasteiger partial charge is 0.157 e. The first-order valence-electron chi connectivity index (χ1n) is 6.84. The zero-order valence-corrected chi connectivity index (χ0v) is 12.6. The summed E-state index contributed by atoms with van der Waals surface area (Å²) in [4.78, 5) is 4.66. The highest BCUT2D eigenvalue weighted by Gasteiger charge is 2.27. The van der Waals surface area contributed by atoms with Crippen molar-refractivity contribution in [2.75, 3.05) is 12.8 Å². The molecule has 0 aromatic rings. The van der Waals surface area contributed by atoms with Crippen molar-refractivity contribution in [2.24, 2.45) is 4.99 Å². The first-order chi connectivity index (χ1) is 8.33. The van der Waals surface area contributed by atoms with Gasteiger partial charge in [-0.25, -0.2) is 0 Å². The van der Waals surface area contributed by atoms with Crippen molar-refractivity contribution in [1.29, 1.82) is 0 Å². The minimum Gasteiger partial charge on any atom is -0.361 e. The molecule has 3 unspecified atom stereocenters. The molecular formula is C13H24N2S2. The summed E-state index contributed by atoms with van der Waals surface area (Å²) in [5.41, 5.74) is 0. The monoisotopic (exact) mass is 272 g/mol. The number of aliphatic imine (C=N–C) groups is 1. The van der Waals surface area contributed by atoms with E-state index in [1.165, 1.54) is 43.7 Å². The Morgan fingerprint density at radius 1 is 1.41 bits per heavy atom. The van der Waals surface area contributed by atoms with Crippen LogP contribution in [0.3, 0.4) is 0 Å². The summed E-state index contributed by atoms with van der Waals surface area (Å²) in [5.74, 6) is 0. The fourth-order valence-corrected chi connectivity index (χ4v) is 4.79. The highest BCUT2D eigenvalue weighted by molar-refractivity contribution is 8.14. The molecule has 1 N–H and O–H groups in total. The van der Waals surface area contributed by atoms with Crippen molar-refractivity contribution in [1.82, 2.24) is 5.32 Å². The number of hydrogen-bond acceptors (Lipinski definition) is 4. The Kier molecular flexibility index (Phi) is 5.54. The first-order valence-corrected chi connectivity index (χ1v) is 9.00. The maximum absolute atomic E-state index is 4.66. The lowest BCUT2D eigenvalue weighted by molar-refractivity contribution is 0.427. The van der Waals surface area contributed by atoms with Gasteiger partial charge in [-0.3, -0.25) is 4.99 Å². The van der Waals surface area contributed by atoms with Gasteiger partial charge in [0.1, 0.15) is 0 Å². The molecule has 0 saturated heterocycles. The van der Waals surface area contributed by atoms with Crippen molar-refractivity contribution in [2.45, 2.75) is 62.0 Å². The summed E-state index contributed by atoms with van der Waals surface area (Å²) in [7, 11) is 0. The Labute approximate surface area is 114 Å². The second-order valence-electron chi connectivity index (χ2n) is 4.98. The van der Waals surface area contributed by atoms with Gasteiger partial charge in [0.2, 0.25) is 0 Å². The lowest BCUT2D eigenvalue weighted by Crippen LogP contribution is -2.42. The van der Waals surface area contributed by atoms with Gasteiger partial charge in [-0.1, -0.05) is 37.9 Å². The van der Waals surface area contributed by atoms with Crippen LogP contribution in [0.1, 0.15) is 45.4 Å². The van der Waals surface area contributed by atoms with Crippen LogP contribution < -0.4 is 5.32 Å². The van der Waals surface area contributed by atoms with Gasteiger partial charge in [0.05, 0.1) is 6.54 Å². The average Bonchev–Trinajstić information content (AvgIpc) is 2.78. The topological polar surface area (TPSA) is 24.4 Å². The van der Waals surface area contributed by atoms with Crippen LogP contribution in [0.25, 0.3) is 0 Å². The second kappa shape index (κ2) is 6.93. The Balaban J connectivity index is 1.80. The Hall–Kier alpha value is 0.170. The summed E-state index contributed by atoms with van der Waals surface area (Å²) < 4.78 is 0. The SMILES string of the molecule is CCCC1CN=C(NC2CCCCC2SC)S1. The van der Waals surface area contributed by atoms with Crippen LogP contribution in [-0.4, -0.2) is 34.5 Å². The first kappa shape index (κ1) is 13.6. The molecule has 4 heteroatoms. The number of amidine groups is 1. The molecule has 1 fully saturated rings. The van der Waals surface area contributed by atoms with Crippen molar-refractivity contribution >= 4 is 28.7 Å². The Morgan fingerprint density at radius 2 is 2.24 bits per heavy atom. The summed E-state index contributed by atoms with van der Waals surface area (Å²) >= 11 is 3.99. The van der Waals surface area contributed by atoms with Gasteiger partial charge < -0.3 is 5.32 Å². The summed E-state index contributed by atoms with van der Waals surface area (Å²) in [6.45, 7) is 3.29. The maximum Gasteiger partial charge on any atom is 0.157 e. The molecule has 98 valence electrons. The van der Waals surface area contributed by atoms with Crippen LogP contribution in [0.2, 0.25) is 0 Å². The van der Waals surface area contributed by atoms with Gasteiger partial charge in [0.15, 0.2) is 5.17 Å². The van der Waals surface area contributed by atoms with Crippen LogP contribution in [0, 0.1) is 0 Å². The molecule has 0 aromatic carbocycles. The maximum atomic E-state index is 4.66. The van der Waals surface area contributed by atoms with E-state index in [1.807, 2.05) is 23.5 Å². The summed E-state index contributed by atoms with van der Waals surface area (Å²) in [5, 5.41) is 6.44. The third-order valence-electron chi connectivity index (χ3n) is 3.64. The number of rotatable bonds is 4. The highest BCUT2D eigenvalue weighted by atomic mass is 32.2. The summed E-state index contributed by atoms with van der Waals surface area (Å²) in [6, 6.07) is 0.658. The number of nitrogens with zero attached hydrogens (tertiary/aromatic N) is 1. The molecule has 0 spiro atoms. The molecule has 2 nitrogen and oxygen atoms in total. The van der Waals surface area contributed by atoms with Crippen LogP contribution in [0.5, 0.6) is 0 Å². The van der Waals surface area contributed by atoms with Crippen molar-refractivity contribution in [3.8, 4) is 0 Å². The molecule has 1 aliphatic heterocycles. The minimum atomic E-state index is 0.658. The predicted octanol–water partition coefficient (Wildman–Crippen LogP) is 3.52. The van der Waals surface area contributed by atoms with E-state index >= 15 is 0 Å². The molecule has 3 atom stereocenters. The van der Waals surface area contributed by atoms with E-state index < -0.39 is 0 Å². The van der Waals surface area contributed by atoms with E-state index in [2.05, 4.69) is 23.5 Å². The van der Waals surface area contributed by atoms with Crippen LogP contribution in [0.4, 0.5) is 0 Å². The Morgan fingerprint density at radius 3 is 3.00 bits per heavy atom. The van der Waals surface area contributed by atoms with Crippen LogP contribution >= 0.6 is 23.5 Å². The molecule has 17 heavy (non-hydrogen) atoms. The summed E-state index contributed by atoms with van der Waals surface area (Å²) in [6.07, 6.45) is 10.3. The number of hydrogen-bond donors (Lipinski definition) is 1. The second-order valence-corrected chi connectivity index (χ2v) is 7.35. The van der Waals surface area contributed by atoms with E-state index in [9.17, 15) is 0 Å². The lowest BCUT2D eigenvalue weighted by atomic mass is 9.95. The normalized spacial score (nSPS) is 33.5. The lowest BCUT2D eigenvalue weighted by Gasteiger charge is -2.31. The van der Waals surface area contributed by atoms with E-state index in [0.29, 0.717) is 6.04 Å². The van der Waals surface area contributed by atoms with E-state index in [0.717, 1.165) is 17.0 Å². The van der Waals surface area contributed by atoms with Gasteiger partial charge in [-0.15, -0.1) is 0 Å². The van der Waals surface area contributed by atoms with Gasteiger partial charge in [-0.2, -0.15) is 11.8 Å². The van der Waals surface area contributed by atoms with Gasteiger partial charge in [-0.05, 0) is 25.5 Å². The fourth-order valence-electron chi connectivity index (χ4n) is 2.67. The number of thioether (sulfide) groups is 2. The van der Waals surface area contributed by atoms with Crippen molar-refractivity contribution < 1.29 is 0 Å². The largest absolute Gasteiger partial charge is 0.361 e. The predicted molar refractivity (Wildman–Crippen MR) is 81.3 cm³/mol. The molecule has 1 heterocycles. The molecular weight excluding hydrogens is 248 g/mol. The van der Waals surface area contributed by atoms with E-state index in [-0.39, 0.29) is 0 Å². The average molecular weight is 272 g/mol. The van der Waals surface area contributed by atoms with Gasteiger partial charge >= 0.3 is 0 Å². The minimum absolute atomic E-state index is 0.658. The fraction of sp³-hybridized carbons (Fsp3) is 0.923. The van der Waals surface area contributed by atoms with Crippen LogP contribution in [0.15, 0.2) is 4.99 Å². The highest BCUT2D eigenvalue weighted by Crippen LogP contribution is 2.29. The molecule has 2 aliphatic rings. The van der Waals surface area contributed by atoms with E-state index in [4.69, 9.17) is 0 Å². The standard InChI is InChI=1S/C13H24N2S2/c1-3-6-10-9-14-13(17-10)15-11-7-4-5-8-12(11)16-2/h10-12H,3-9H2,1-2H3,(H,14,15). The zero-order valence-electron chi connectivity index (χ0n) is 10.9. The quantitative estimate of drug-likeness (QED) is 0.847. The third-order valence-corrected chi connectivity index (χ3v) is 6.00. The molecule has 2 rings (SSSR count). The van der Waals surface area contributed by atoms with E-state index in [1.54, 1.807) is 0 Å². The molecule has 0 bridgehead atoms. The van der Waals surface area contributed by atoms with Gasteiger partial charge in [0.25, 0.3) is 0 Å². The molecule has 0 aromatic heterocycles. The van der Waals surface area contributed by atoms with Crippen molar-refractivity contribution in [3.05, 3.63) is 0 Å². The third kappa shape index (κ3) is 3.82.